The van der Waals surface area contributed by atoms with Crippen LogP contribution in [0.5, 0.6) is 0 Å². The fraction of sp³-hybridized carbons (Fsp3) is 0.462. The van der Waals surface area contributed by atoms with Crippen LogP contribution >= 0.6 is 0 Å². The first-order valence-electron chi connectivity index (χ1n) is 6.05. The molecule has 0 aromatic heterocycles. The number of piperidine rings is 1. The molecule has 1 saturated heterocycles. The molecular weight excluding hydrogens is 238 g/mol. The van der Waals surface area contributed by atoms with Gasteiger partial charge in [0.15, 0.2) is 0 Å². The molecule has 5 heteroatoms. The molecule has 1 amide bonds. The van der Waals surface area contributed by atoms with Crippen molar-refractivity contribution in [1.29, 1.82) is 0 Å². The van der Waals surface area contributed by atoms with E-state index in [1.165, 1.54) is 12.1 Å². The molecule has 18 heavy (non-hydrogen) atoms. The van der Waals surface area contributed by atoms with E-state index in [1.54, 1.807) is 12.1 Å². The molecule has 0 bridgehead atoms. The van der Waals surface area contributed by atoms with E-state index in [0.29, 0.717) is 6.54 Å². The van der Waals surface area contributed by atoms with Crippen LogP contribution in [0.25, 0.3) is 0 Å². The molecule has 0 saturated carbocycles. The Morgan fingerprint density at radius 2 is 2.28 bits per heavy atom. The van der Waals surface area contributed by atoms with Crippen molar-refractivity contribution in [3.63, 3.8) is 0 Å². The molecule has 3 nitrogen and oxygen atoms in total. The SMILES string of the molecule is O=C1NCCCC1NCc1cccc(C(F)F)c1. The summed E-state index contributed by atoms with van der Waals surface area (Å²) in [7, 11) is 0. The second-order valence-electron chi connectivity index (χ2n) is 4.41. The first-order chi connectivity index (χ1) is 8.66. The molecule has 98 valence electrons. The van der Waals surface area contributed by atoms with Crippen molar-refractivity contribution in [3.05, 3.63) is 35.4 Å². The van der Waals surface area contributed by atoms with E-state index in [4.69, 9.17) is 0 Å². The van der Waals surface area contributed by atoms with Gasteiger partial charge in [-0.25, -0.2) is 8.78 Å². The lowest BCUT2D eigenvalue weighted by molar-refractivity contribution is -0.124. The van der Waals surface area contributed by atoms with Crippen molar-refractivity contribution >= 4 is 5.91 Å². The van der Waals surface area contributed by atoms with Gasteiger partial charge in [-0.2, -0.15) is 0 Å². The first kappa shape index (κ1) is 13.0. The van der Waals surface area contributed by atoms with Crippen LogP contribution in [0, 0.1) is 0 Å². The van der Waals surface area contributed by atoms with Gasteiger partial charge in [-0.3, -0.25) is 4.79 Å². The van der Waals surface area contributed by atoms with Crippen molar-refractivity contribution in [2.24, 2.45) is 0 Å². The number of amides is 1. The van der Waals surface area contributed by atoms with Gasteiger partial charge in [0.05, 0.1) is 6.04 Å². The predicted molar refractivity (Wildman–Crippen MR) is 64.3 cm³/mol. The highest BCUT2D eigenvalue weighted by atomic mass is 19.3. The maximum atomic E-state index is 12.5. The predicted octanol–water partition coefficient (Wildman–Crippen LogP) is 1.99. The van der Waals surface area contributed by atoms with E-state index in [1.807, 2.05) is 0 Å². The van der Waals surface area contributed by atoms with Gasteiger partial charge in [0.25, 0.3) is 6.43 Å². The Bertz CT molecular complexity index is 423. The smallest absolute Gasteiger partial charge is 0.263 e. The van der Waals surface area contributed by atoms with E-state index in [2.05, 4.69) is 10.6 Å². The van der Waals surface area contributed by atoms with Crippen LogP contribution < -0.4 is 10.6 Å². The standard InChI is InChI=1S/C13H16F2N2O/c14-12(15)10-4-1-3-9(7-10)8-17-11-5-2-6-16-13(11)18/h1,3-4,7,11-12,17H,2,5-6,8H2,(H,16,18). The number of halogens is 2. The van der Waals surface area contributed by atoms with Crippen LogP contribution in [0.4, 0.5) is 8.78 Å². The van der Waals surface area contributed by atoms with Crippen molar-refractivity contribution in [2.75, 3.05) is 6.54 Å². The number of carbonyl (C=O) groups is 1. The summed E-state index contributed by atoms with van der Waals surface area (Å²) in [5.74, 6) is -0.00809. The molecule has 1 unspecified atom stereocenters. The number of alkyl halides is 2. The van der Waals surface area contributed by atoms with Crippen molar-refractivity contribution < 1.29 is 13.6 Å². The normalized spacial score (nSPS) is 19.9. The second kappa shape index (κ2) is 5.91. The molecule has 0 radical (unpaired) electrons. The summed E-state index contributed by atoms with van der Waals surface area (Å²) in [4.78, 5) is 11.5. The van der Waals surface area contributed by atoms with Gasteiger partial charge < -0.3 is 10.6 Å². The maximum Gasteiger partial charge on any atom is 0.263 e. The van der Waals surface area contributed by atoms with Gasteiger partial charge in [0.1, 0.15) is 0 Å². The number of benzene rings is 1. The van der Waals surface area contributed by atoms with Crippen molar-refractivity contribution in [3.8, 4) is 0 Å². The van der Waals surface area contributed by atoms with E-state index in [9.17, 15) is 13.6 Å². The van der Waals surface area contributed by atoms with Crippen LogP contribution in [-0.2, 0) is 11.3 Å². The summed E-state index contributed by atoms with van der Waals surface area (Å²) in [6, 6.07) is 6.05. The summed E-state index contributed by atoms with van der Waals surface area (Å²) in [5, 5.41) is 5.87. The summed E-state index contributed by atoms with van der Waals surface area (Å²) < 4.78 is 25.0. The average Bonchev–Trinajstić information content (AvgIpc) is 2.38. The third kappa shape index (κ3) is 3.26. The largest absolute Gasteiger partial charge is 0.355 e. The molecule has 1 aliphatic rings. The van der Waals surface area contributed by atoms with Crippen LogP contribution in [0.3, 0.4) is 0 Å². The molecule has 1 heterocycles. The van der Waals surface area contributed by atoms with Crippen molar-refractivity contribution in [2.45, 2.75) is 31.9 Å². The highest BCUT2D eigenvalue weighted by Crippen LogP contribution is 2.19. The fourth-order valence-corrected chi connectivity index (χ4v) is 2.05. The average molecular weight is 254 g/mol. The molecule has 1 fully saturated rings. The molecule has 0 spiro atoms. The number of rotatable bonds is 4. The lowest BCUT2D eigenvalue weighted by atomic mass is 10.1. The quantitative estimate of drug-likeness (QED) is 0.862. The van der Waals surface area contributed by atoms with Gasteiger partial charge in [-0.15, -0.1) is 0 Å². The Morgan fingerprint density at radius 3 is 3.00 bits per heavy atom. The molecule has 2 N–H and O–H groups in total. The third-order valence-electron chi connectivity index (χ3n) is 3.04. The Hall–Kier alpha value is -1.49. The van der Waals surface area contributed by atoms with Gasteiger partial charge in [-0.05, 0) is 24.5 Å². The first-order valence-corrected chi connectivity index (χ1v) is 6.05. The maximum absolute atomic E-state index is 12.5. The lowest BCUT2D eigenvalue weighted by Crippen LogP contribution is -2.47. The topological polar surface area (TPSA) is 41.1 Å². The Labute approximate surface area is 105 Å². The zero-order valence-electron chi connectivity index (χ0n) is 9.96. The Morgan fingerprint density at radius 1 is 1.44 bits per heavy atom. The minimum Gasteiger partial charge on any atom is -0.355 e. The van der Waals surface area contributed by atoms with Crippen LogP contribution in [0.1, 0.15) is 30.4 Å². The van der Waals surface area contributed by atoms with Crippen molar-refractivity contribution in [1.82, 2.24) is 10.6 Å². The zero-order valence-corrected chi connectivity index (χ0v) is 9.96. The van der Waals surface area contributed by atoms with Crippen LogP contribution in [0.2, 0.25) is 0 Å². The number of carbonyl (C=O) groups excluding carboxylic acids is 1. The number of nitrogens with one attached hydrogen (secondary N) is 2. The molecule has 1 aromatic carbocycles. The molecular formula is C13H16F2N2O. The van der Waals surface area contributed by atoms with Gasteiger partial charge in [0, 0.05) is 18.7 Å². The van der Waals surface area contributed by atoms with E-state index in [-0.39, 0.29) is 17.5 Å². The molecule has 1 atom stereocenters. The monoisotopic (exact) mass is 254 g/mol. The van der Waals surface area contributed by atoms with Crippen LogP contribution in [-0.4, -0.2) is 18.5 Å². The van der Waals surface area contributed by atoms with E-state index < -0.39 is 6.43 Å². The second-order valence-corrected chi connectivity index (χ2v) is 4.41. The molecule has 1 aromatic rings. The number of hydrogen-bond acceptors (Lipinski definition) is 2. The summed E-state index contributed by atoms with van der Waals surface area (Å²) in [5.41, 5.74) is 0.786. The molecule has 2 rings (SSSR count). The summed E-state index contributed by atoms with van der Waals surface area (Å²) in [6.07, 6.45) is -0.719. The van der Waals surface area contributed by atoms with Gasteiger partial charge >= 0.3 is 0 Å². The lowest BCUT2D eigenvalue weighted by Gasteiger charge is -2.22. The third-order valence-corrected chi connectivity index (χ3v) is 3.04. The zero-order chi connectivity index (χ0) is 13.0. The Kier molecular flexibility index (Phi) is 4.25. The fourth-order valence-electron chi connectivity index (χ4n) is 2.05. The van der Waals surface area contributed by atoms with Crippen LogP contribution in [0.15, 0.2) is 24.3 Å². The highest BCUT2D eigenvalue weighted by Gasteiger charge is 2.20. The van der Waals surface area contributed by atoms with Gasteiger partial charge in [0.2, 0.25) is 5.91 Å². The van der Waals surface area contributed by atoms with E-state index >= 15 is 0 Å². The minimum absolute atomic E-state index is 0.00809. The number of hydrogen-bond donors (Lipinski definition) is 2. The molecule has 0 aliphatic carbocycles. The minimum atomic E-state index is -2.46. The summed E-state index contributed by atoms with van der Waals surface area (Å²) >= 11 is 0. The Balaban J connectivity index is 1.93. The van der Waals surface area contributed by atoms with Gasteiger partial charge in [-0.1, -0.05) is 18.2 Å². The highest BCUT2D eigenvalue weighted by molar-refractivity contribution is 5.82. The van der Waals surface area contributed by atoms with E-state index in [0.717, 1.165) is 24.9 Å². The molecule has 1 aliphatic heterocycles. The summed E-state index contributed by atoms with van der Waals surface area (Å²) in [6.45, 7) is 1.15.